The van der Waals surface area contributed by atoms with Crippen molar-refractivity contribution in [2.75, 3.05) is 52.1 Å². The number of hydrogen-bond acceptors (Lipinski definition) is 4. The molecule has 0 aliphatic carbocycles. The number of hydrogen-bond donors (Lipinski definition) is 1. The van der Waals surface area contributed by atoms with Crippen LogP contribution >= 0.6 is 11.8 Å². The van der Waals surface area contributed by atoms with Crippen LogP contribution in [0, 0.1) is 5.92 Å². The van der Waals surface area contributed by atoms with Crippen LogP contribution in [0.25, 0.3) is 0 Å². The first-order chi connectivity index (χ1) is 12.2. The van der Waals surface area contributed by atoms with Crippen LogP contribution < -0.4 is 5.32 Å². The molecule has 2 rings (SSSR count). The summed E-state index contributed by atoms with van der Waals surface area (Å²) in [6.45, 7) is 12.1. The SMILES string of the molecule is CNC(CCN1CCN(CCCC(C)C)CC1)CSc1ccccc1. The molecular weight excluding hydrogens is 326 g/mol. The fourth-order valence-electron chi connectivity index (χ4n) is 3.32. The summed E-state index contributed by atoms with van der Waals surface area (Å²) in [6, 6.07) is 11.3. The average Bonchev–Trinajstić information content (AvgIpc) is 2.63. The van der Waals surface area contributed by atoms with Crippen molar-refractivity contribution in [3.8, 4) is 0 Å². The van der Waals surface area contributed by atoms with Crippen molar-refractivity contribution in [2.45, 2.75) is 44.0 Å². The highest BCUT2D eigenvalue weighted by atomic mass is 32.2. The van der Waals surface area contributed by atoms with Crippen molar-refractivity contribution < 1.29 is 0 Å². The summed E-state index contributed by atoms with van der Waals surface area (Å²) in [6.07, 6.45) is 3.96. The zero-order valence-electron chi connectivity index (χ0n) is 16.4. The van der Waals surface area contributed by atoms with E-state index in [1.54, 1.807) is 0 Å². The smallest absolute Gasteiger partial charge is 0.0170 e. The Labute approximate surface area is 159 Å². The van der Waals surface area contributed by atoms with Crippen LogP contribution in [0.1, 0.15) is 33.1 Å². The zero-order valence-corrected chi connectivity index (χ0v) is 17.2. The third-order valence-corrected chi connectivity index (χ3v) is 6.29. The van der Waals surface area contributed by atoms with E-state index in [1.807, 2.05) is 11.8 Å². The minimum atomic E-state index is 0.592. The molecule has 1 aliphatic rings. The van der Waals surface area contributed by atoms with Crippen molar-refractivity contribution in [2.24, 2.45) is 5.92 Å². The lowest BCUT2D eigenvalue weighted by Crippen LogP contribution is -2.47. The Morgan fingerprint density at radius 2 is 1.60 bits per heavy atom. The molecule has 1 saturated heterocycles. The molecule has 1 aliphatic heterocycles. The van der Waals surface area contributed by atoms with Gasteiger partial charge in [-0.2, -0.15) is 0 Å². The van der Waals surface area contributed by atoms with Gasteiger partial charge >= 0.3 is 0 Å². The number of thioether (sulfide) groups is 1. The molecule has 0 bridgehead atoms. The predicted octanol–water partition coefficient (Wildman–Crippen LogP) is 3.81. The Morgan fingerprint density at radius 3 is 2.20 bits per heavy atom. The average molecular weight is 364 g/mol. The fraction of sp³-hybridized carbons (Fsp3) is 0.714. The van der Waals surface area contributed by atoms with Gasteiger partial charge in [-0.25, -0.2) is 0 Å². The molecule has 1 aromatic rings. The fourth-order valence-corrected chi connectivity index (χ4v) is 4.40. The van der Waals surface area contributed by atoms with Gasteiger partial charge < -0.3 is 15.1 Å². The molecule has 3 nitrogen and oxygen atoms in total. The van der Waals surface area contributed by atoms with Gasteiger partial charge in [0.05, 0.1) is 0 Å². The second-order valence-electron chi connectivity index (χ2n) is 7.62. The van der Waals surface area contributed by atoms with Gasteiger partial charge in [0.1, 0.15) is 0 Å². The van der Waals surface area contributed by atoms with Gasteiger partial charge in [0, 0.05) is 42.9 Å². The van der Waals surface area contributed by atoms with Crippen LogP contribution in [-0.2, 0) is 0 Å². The maximum atomic E-state index is 3.50. The van der Waals surface area contributed by atoms with Crippen molar-refractivity contribution in [1.82, 2.24) is 15.1 Å². The maximum absolute atomic E-state index is 3.50. The van der Waals surface area contributed by atoms with E-state index in [9.17, 15) is 0 Å². The molecular formula is C21H37N3S. The largest absolute Gasteiger partial charge is 0.316 e. The molecule has 4 heteroatoms. The Bertz CT molecular complexity index is 444. The highest BCUT2D eigenvalue weighted by molar-refractivity contribution is 7.99. The van der Waals surface area contributed by atoms with E-state index in [0.717, 1.165) is 11.7 Å². The Morgan fingerprint density at radius 1 is 0.960 bits per heavy atom. The monoisotopic (exact) mass is 363 g/mol. The molecule has 1 heterocycles. The van der Waals surface area contributed by atoms with E-state index in [1.165, 1.54) is 63.4 Å². The summed E-state index contributed by atoms with van der Waals surface area (Å²) in [5, 5.41) is 3.50. The molecule has 1 atom stereocenters. The maximum Gasteiger partial charge on any atom is 0.0170 e. The molecule has 0 amide bonds. The Hall–Kier alpha value is -0.550. The molecule has 1 unspecified atom stereocenters. The van der Waals surface area contributed by atoms with Gasteiger partial charge in [0.15, 0.2) is 0 Å². The van der Waals surface area contributed by atoms with Crippen molar-refractivity contribution in [3.63, 3.8) is 0 Å². The van der Waals surface area contributed by atoms with E-state index in [-0.39, 0.29) is 0 Å². The number of benzene rings is 1. The number of rotatable bonds is 11. The number of piperazine rings is 1. The van der Waals surface area contributed by atoms with Crippen molar-refractivity contribution >= 4 is 11.8 Å². The minimum absolute atomic E-state index is 0.592. The highest BCUT2D eigenvalue weighted by Crippen LogP contribution is 2.19. The zero-order chi connectivity index (χ0) is 17.9. The van der Waals surface area contributed by atoms with Crippen LogP contribution in [0.4, 0.5) is 0 Å². The van der Waals surface area contributed by atoms with E-state index in [4.69, 9.17) is 0 Å². The summed E-state index contributed by atoms with van der Waals surface area (Å²) in [5.74, 6) is 1.99. The molecule has 0 aromatic heterocycles. The lowest BCUT2D eigenvalue weighted by atomic mass is 10.1. The van der Waals surface area contributed by atoms with E-state index < -0.39 is 0 Å². The van der Waals surface area contributed by atoms with Crippen LogP contribution in [-0.4, -0.2) is 67.9 Å². The second kappa shape index (κ2) is 11.9. The minimum Gasteiger partial charge on any atom is -0.316 e. The molecule has 1 fully saturated rings. The summed E-state index contributed by atoms with van der Waals surface area (Å²) in [7, 11) is 2.10. The van der Waals surface area contributed by atoms with E-state index in [2.05, 4.69) is 66.3 Å². The van der Waals surface area contributed by atoms with Crippen LogP contribution in [0.3, 0.4) is 0 Å². The quantitative estimate of drug-likeness (QED) is 0.602. The third-order valence-electron chi connectivity index (χ3n) is 5.12. The predicted molar refractivity (Wildman–Crippen MR) is 112 cm³/mol. The molecule has 0 spiro atoms. The molecule has 0 radical (unpaired) electrons. The standard InChI is InChI=1S/C21H37N3S/c1-19(2)8-7-12-23-14-16-24(17-15-23)13-11-20(22-3)18-25-21-9-5-4-6-10-21/h4-6,9-10,19-20,22H,7-8,11-18H2,1-3H3. The first kappa shape index (κ1) is 20.8. The van der Waals surface area contributed by atoms with Gasteiger partial charge in [0.2, 0.25) is 0 Å². The molecule has 0 saturated carbocycles. The summed E-state index contributed by atoms with van der Waals surface area (Å²) >= 11 is 1.96. The third kappa shape index (κ3) is 8.59. The Balaban J connectivity index is 1.59. The first-order valence-corrected chi connectivity index (χ1v) is 11.0. The highest BCUT2D eigenvalue weighted by Gasteiger charge is 2.17. The van der Waals surface area contributed by atoms with Gasteiger partial charge in [-0.05, 0) is 57.5 Å². The summed E-state index contributed by atoms with van der Waals surface area (Å²) in [4.78, 5) is 6.67. The lowest BCUT2D eigenvalue weighted by molar-refractivity contribution is 0.127. The molecule has 142 valence electrons. The van der Waals surface area contributed by atoms with Crippen molar-refractivity contribution in [3.05, 3.63) is 30.3 Å². The van der Waals surface area contributed by atoms with Crippen molar-refractivity contribution in [1.29, 1.82) is 0 Å². The summed E-state index contributed by atoms with van der Waals surface area (Å²) in [5.41, 5.74) is 0. The Kier molecular flexibility index (Phi) is 9.92. The van der Waals surface area contributed by atoms with Gasteiger partial charge in [-0.15, -0.1) is 11.8 Å². The number of nitrogens with one attached hydrogen (secondary N) is 1. The lowest BCUT2D eigenvalue weighted by Gasteiger charge is -2.35. The van der Waals surface area contributed by atoms with E-state index >= 15 is 0 Å². The molecule has 1 N–H and O–H groups in total. The van der Waals surface area contributed by atoms with Gasteiger partial charge in [0.25, 0.3) is 0 Å². The second-order valence-corrected chi connectivity index (χ2v) is 8.71. The molecule has 25 heavy (non-hydrogen) atoms. The van der Waals surface area contributed by atoms with Gasteiger partial charge in [-0.3, -0.25) is 0 Å². The van der Waals surface area contributed by atoms with E-state index in [0.29, 0.717) is 6.04 Å². The first-order valence-electron chi connectivity index (χ1n) is 9.97. The normalized spacial score (nSPS) is 17.9. The van der Waals surface area contributed by atoms with Crippen LogP contribution in [0.2, 0.25) is 0 Å². The van der Waals surface area contributed by atoms with Crippen LogP contribution in [0.15, 0.2) is 35.2 Å². The molecule has 1 aromatic carbocycles. The topological polar surface area (TPSA) is 18.5 Å². The van der Waals surface area contributed by atoms with Crippen LogP contribution in [0.5, 0.6) is 0 Å². The van der Waals surface area contributed by atoms with Gasteiger partial charge in [-0.1, -0.05) is 32.0 Å². The summed E-state index contributed by atoms with van der Waals surface area (Å²) < 4.78 is 0. The number of nitrogens with zero attached hydrogens (tertiary/aromatic N) is 2.